The number of carbonyl (C=O) groups is 3. The van der Waals surface area contributed by atoms with E-state index in [0.717, 1.165) is 6.42 Å². The van der Waals surface area contributed by atoms with Gasteiger partial charge in [-0.15, -0.1) is 0 Å². The Hall–Kier alpha value is -1.59. The summed E-state index contributed by atoms with van der Waals surface area (Å²) in [5.41, 5.74) is 0. The molecule has 0 radical (unpaired) electrons. The summed E-state index contributed by atoms with van der Waals surface area (Å²) in [6.07, 6.45) is 7.49. The van der Waals surface area contributed by atoms with Crippen LogP contribution >= 0.6 is 0 Å². The van der Waals surface area contributed by atoms with E-state index in [0.29, 0.717) is 31.7 Å². The molecule has 0 bridgehead atoms. The fourth-order valence-corrected chi connectivity index (χ4v) is 3.32. The lowest BCUT2D eigenvalue weighted by Gasteiger charge is -2.21. The molecule has 1 aliphatic heterocycles. The van der Waals surface area contributed by atoms with E-state index in [2.05, 4.69) is 5.32 Å². The van der Waals surface area contributed by atoms with Gasteiger partial charge in [0.1, 0.15) is 6.04 Å². The van der Waals surface area contributed by atoms with Crippen molar-refractivity contribution in [2.45, 2.75) is 57.4 Å². The summed E-state index contributed by atoms with van der Waals surface area (Å²) in [6, 6.07) is -0.729. The number of nitrogens with zero attached hydrogens (tertiary/aromatic N) is 1. The van der Waals surface area contributed by atoms with E-state index in [-0.39, 0.29) is 18.4 Å². The first kappa shape index (κ1) is 15.8. The van der Waals surface area contributed by atoms with Crippen LogP contribution in [-0.2, 0) is 14.4 Å². The Labute approximate surface area is 124 Å². The van der Waals surface area contributed by atoms with E-state index in [1.54, 1.807) is 0 Å². The Balaban J connectivity index is 1.68. The van der Waals surface area contributed by atoms with Gasteiger partial charge in [-0.2, -0.15) is 0 Å². The number of aliphatic carboxylic acids is 1. The van der Waals surface area contributed by atoms with Gasteiger partial charge in [0, 0.05) is 13.0 Å². The van der Waals surface area contributed by atoms with E-state index in [9.17, 15) is 14.4 Å². The molecular formula is C15H24N2O4. The van der Waals surface area contributed by atoms with E-state index in [1.165, 1.54) is 30.6 Å². The highest BCUT2D eigenvalue weighted by atomic mass is 16.4. The molecule has 2 rings (SSSR count). The quantitative estimate of drug-likeness (QED) is 0.769. The molecule has 1 heterocycles. The molecule has 118 valence electrons. The highest BCUT2D eigenvalue weighted by molar-refractivity contribution is 5.88. The van der Waals surface area contributed by atoms with Crippen LogP contribution in [0.2, 0.25) is 0 Å². The lowest BCUT2D eigenvalue weighted by Crippen LogP contribution is -2.45. The van der Waals surface area contributed by atoms with Crippen LogP contribution in [0.4, 0.5) is 0 Å². The second-order valence-electron chi connectivity index (χ2n) is 6.05. The minimum absolute atomic E-state index is 0.0900. The fourth-order valence-electron chi connectivity index (χ4n) is 3.32. The van der Waals surface area contributed by atoms with Gasteiger partial charge < -0.3 is 15.3 Å². The summed E-state index contributed by atoms with van der Waals surface area (Å²) in [5, 5.41) is 11.7. The van der Waals surface area contributed by atoms with Crippen LogP contribution in [0.15, 0.2) is 0 Å². The second kappa shape index (κ2) is 7.43. The van der Waals surface area contributed by atoms with Gasteiger partial charge in [-0.05, 0) is 25.2 Å². The molecule has 0 aromatic carbocycles. The molecule has 1 saturated heterocycles. The first-order valence-electron chi connectivity index (χ1n) is 7.87. The normalized spacial score (nSPS) is 22.5. The van der Waals surface area contributed by atoms with E-state index < -0.39 is 12.0 Å². The predicted molar refractivity (Wildman–Crippen MR) is 76.6 cm³/mol. The molecular weight excluding hydrogens is 272 g/mol. The standard InChI is InChI=1S/C15H24N2O4/c18-13(8-7-11-4-1-2-5-11)16-10-14(19)17-9-3-6-12(17)15(20)21/h11-12H,1-10H2,(H,16,18)(H,20,21)/t12-/m1/s1. The number of carboxylic acid groups (broad SMARTS) is 1. The maximum absolute atomic E-state index is 12.0. The van der Waals surface area contributed by atoms with Crippen molar-refractivity contribution in [2.75, 3.05) is 13.1 Å². The van der Waals surface area contributed by atoms with Crippen LogP contribution in [0.5, 0.6) is 0 Å². The fraction of sp³-hybridized carbons (Fsp3) is 0.800. The number of likely N-dealkylation sites (tertiary alicyclic amines) is 1. The maximum atomic E-state index is 12.0. The zero-order valence-electron chi connectivity index (χ0n) is 12.3. The monoisotopic (exact) mass is 296 g/mol. The van der Waals surface area contributed by atoms with Gasteiger partial charge in [0.15, 0.2) is 0 Å². The van der Waals surface area contributed by atoms with Crippen molar-refractivity contribution in [3.8, 4) is 0 Å². The van der Waals surface area contributed by atoms with Crippen LogP contribution in [0.1, 0.15) is 51.4 Å². The lowest BCUT2D eigenvalue weighted by atomic mass is 10.0. The molecule has 6 nitrogen and oxygen atoms in total. The van der Waals surface area contributed by atoms with Gasteiger partial charge >= 0.3 is 5.97 Å². The topological polar surface area (TPSA) is 86.7 Å². The van der Waals surface area contributed by atoms with Gasteiger partial charge in [-0.3, -0.25) is 9.59 Å². The molecule has 0 unspecified atom stereocenters. The van der Waals surface area contributed by atoms with Crippen LogP contribution in [0.25, 0.3) is 0 Å². The smallest absolute Gasteiger partial charge is 0.326 e. The lowest BCUT2D eigenvalue weighted by molar-refractivity contribution is -0.148. The molecule has 0 aromatic heterocycles. The molecule has 0 aromatic rings. The zero-order valence-corrected chi connectivity index (χ0v) is 12.3. The van der Waals surface area contributed by atoms with Crippen molar-refractivity contribution in [3.05, 3.63) is 0 Å². The van der Waals surface area contributed by atoms with E-state index in [4.69, 9.17) is 5.11 Å². The molecule has 2 N–H and O–H groups in total. The van der Waals surface area contributed by atoms with Crippen molar-refractivity contribution in [3.63, 3.8) is 0 Å². The minimum Gasteiger partial charge on any atom is -0.480 e. The Morgan fingerprint density at radius 3 is 2.48 bits per heavy atom. The van der Waals surface area contributed by atoms with E-state index >= 15 is 0 Å². The largest absolute Gasteiger partial charge is 0.480 e. The first-order valence-corrected chi connectivity index (χ1v) is 7.87. The average Bonchev–Trinajstić information content (AvgIpc) is 3.12. The molecule has 1 aliphatic carbocycles. The maximum Gasteiger partial charge on any atom is 0.326 e. The molecule has 1 atom stereocenters. The number of hydrogen-bond acceptors (Lipinski definition) is 3. The molecule has 21 heavy (non-hydrogen) atoms. The third-order valence-electron chi connectivity index (χ3n) is 4.55. The summed E-state index contributed by atoms with van der Waals surface area (Å²) < 4.78 is 0. The number of hydrogen-bond donors (Lipinski definition) is 2. The third kappa shape index (κ3) is 4.44. The van der Waals surface area contributed by atoms with Crippen LogP contribution in [-0.4, -0.2) is 46.9 Å². The minimum atomic E-state index is -0.964. The number of carboxylic acids is 1. The van der Waals surface area contributed by atoms with Gasteiger partial charge in [0.25, 0.3) is 0 Å². The van der Waals surface area contributed by atoms with Crippen LogP contribution in [0, 0.1) is 5.92 Å². The van der Waals surface area contributed by atoms with Gasteiger partial charge in [0.05, 0.1) is 6.54 Å². The highest BCUT2D eigenvalue weighted by Gasteiger charge is 2.33. The zero-order chi connectivity index (χ0) is 15.2. The molecule has 1 saturated carbocycles. The number of carbonyl (C=O) groups excluding carboxylic acids is 2. The Morgan fingerprint density at radius 1 is 1.10 bits per heavy atom. The predicted octanol–water partition coefficient (Wildman–Crippen LogP) is 1.15. The summed E-state index contributed by atoms with van der Waals surface area (Å²) in [6.45, 7) is 0.376. The SMILES string of the molecule is O=C(CCC1CCCC1)NCC(=O)N1CCC[C@@H]1C(=O)O. The Kier molecular flexibility index (Phi) is 5.59. The summed E-state index contributed by atoms with van der Waals surface area (Å²) in [4.78, 5) is 36.1. The second-order valence-corrected chi connectivity index (χ2v) is 6.05. The highest BCUT2D eigenvalue weighted by Crippen LogP contribution is 2.28. The van der Waals surface area contributed by atoms with Crippen molar-refractivity contribution >= 4 is 17.8 Å². The summed E-state index contributed by atoms with van der Waals surface area (Å²) in [5.74, 6) is -0.717. The number of nitrogens with one attached hydrogen (secondary N) is 1. The van der Waals surface area contributed by atoms with Crippen molar-refractivity contribution in [2.24, 2.45) is 5.92 Å². The molecule has 2 fully saturated rings. The molecule has 2 amide bonds. The Morgan fingerprint density at radius 2 is 1.81 bits per heavy atom. The van der Waals surface area contributed by atoms with Crippen molar-refractivity contribution in [1.82, 2.24) is 10.2 Å². The summed E-state index contributed by atoms with van der Waals surface area (Å²) >= 11 is 0. The number of amides is 2. The van der Waals surface area contributed by atoms with Crippen LogP contribution < -0.4 is 5.32 Å². The third-order valence-corrected chi connectivity index (χ3v) is 4.55. The molecule has 0 spiro atoms. The first-order chi connectivity index (χ1) is 10.1. The molecule has 2 aliphatic rings. The average molecular weight is 296 g/mol. The van der Waals surface area contributed by atoms with Gasteiger partial charge in [-0.25, -0.2) is 4.79 Å². The van der Waals surface area contributed by atoms with Gasteiger partial charge in [0.2, 0.25) is 11.8 Å². The van der Waals surface area contributed by atoms with E-state index in [1.807, 2.05) is 0 Å². The number of rotatable bonds is 6. The Bertz CT molecular complexity index is 404. The van der Waals surface area contributed by atoms with Crippen LogP contribution in [0.3, 0.4) is 0 Å². The van der Waals surface area contributed by atoms with Crippen molar-refractivity contribution in [1.29, 1.82) is 0 Å². The van der Waals surface area contributed by atoms with Gasteiger partial charge in [-0.1, -0.05) is 25.7 Å². The van der Waals surface area contributed by atoms with Crippen molar-refractivity contribution < 1.29 is 19.5 Å². The molecule has 6 heteroatoms. The summed E-state index contributed by atoms with van der Waals surface area (Å²) in [7, 11) is 0.